The fraction of sp³-hybridized carbons (Fsp3) is 0.294. The largest absolute Gasteiger partial charge is 0.351 e. The first-order chi connectivity index (χ1) is 11.5. The van der Waals surface area contributed by atoms with Crippen LogP contribution in [0.4, 0.5) is 10.3 Å². The summed E-state index contributed by atoms with van der Waals surface area (Å²) >= 11 is 0. The number of hydrogen-bond donors (Lipinski definition) is 1. The number of nitrogens with one attached hydrogen (secondary N) is 1. The van der Waals surface area contributed by atoms with Crippen molar-refractivity contribution in [2.24, 2.45) is 0 Å². The first-order valence-corrected chi connectivity index (χ1v) is 7.79. The van der Waals surface area contributed by atoms with Crippen molar-refractivity contribution in [3.63, 3.8) is 0 Å². The molecule has 6 nitrogen and oxygen atoms in total. The van der Waals surface area contributed by atoms with Crippen LogP contribution in [0.1, 0.15) is 32.1 Å². The highest BCUT2D eigenvalue weighted by molar-refractivity contribution is 5.84. The van der Waals surface area contributed by atoms with E-state index in [0.29, 0.717) is 5.95 Å². The summed E-state index contributed by atoms with van der Waals surface area (Å²) in [6.07, 6.45) is 8.08. The normalized spacial score (nSPS) is 13.9. The molecule has 1 N–H and O–H groups in total. The van der Waals surface area contributed by atoms with Gasteiger partial charge in [0.15, 0.2) is 5.65 Å². The quantitative estimate of drug-likeness (QED) is 0.798. The van der Waals surface area contributed by atoms with E-state index in [9.17, 15) is 4.39 Å². The van der Waals surface area contributed by atoms with Gasteiger partial charge in [0.05, 0.1) is 12.2 Å². The minimum Gasteiger partial charge on any atom is -0.351 e. The van der Waals surface area contributed by atoms with Gasteiger partial charge in [0.25, 0.3) is 0 Å². The monoisotopic (exact) mass is 326 g/mol. The minimum atomic E-state index is -1.31. The SMILES string of the molecule is CC(C)(F)CNc1ncc2c(n1)CC=C2c1ccn2ncnc2c1.[HH]. The molecule has 0 radical (unpaired) electrons. The highest BCUT2D eigenvalue weighted by Gasteiger charge is 2.20. The van der Waals surface area contributed by atoms with Crippen molar-refractivity contribution >= 4 is 17.2 Å². The van der Waals surface area contributed by atoms with E-state index < -0.39 is 5.67 Å². The Morgan fingerprint density at radius 3 is 3.08 bits per heavy atom. The van der Waals surface area contributed by atoms with Gasteiger partial charge in [-0.3, -0.25) is 0 Å². The predicted molar refractivity (Wildman–Crippen MR) is 91.6 cm³/mol. The summed E-state index contributed by atoms with van der Waals surface area (Å²) in [5.74, 6) is 0.460. The molecule has 1 aliphatic carbocycles. The molecule has 3 aromatic heterocycles. The summed E-state index contributed by atoms with van der Waals surface area (Å²) in [5.41, 5.74) is 3.59. The summed E-state index contributed by atoms with van der Waals surface area (Å²) < 4.78 is 15.3. The average molecular weight is 326 g/mol. The molecule has 7 heteroatoms. The minimum absolute atomic E-state index is 0. The molecule has 4 rings (SSSR count). The van der Waals surface area contributed by atoms with Gasteiger partial charge in [-0.05, 0) is 37.1 Å². The van der Waals surface area contributed by atoms with Gasteiger partial charge >= 0.3 is 0 Å². The van der Waals surface area contributed by atoms with E-state index in [4.69, 9.17) is 0 Å². The Morgan fingerprint density at radius 1 is 1.38 bits per heavy atom. The van der Waals surface area contributed by atoms with E-state index in [2.05, 4.69) is 31.4 Å². The smallest absolute Gasteiger partial charge is 0.223 e. The van der Waals surface area contributed by atoms with Gasteiger partial charge in [0.2, 0.25) is 5.95 Å². The maximum absolute atomic E-state index is 13.6. The molecule has 0 aliphatic heterocycles. The van der Waals surface area contributed by atoms with E-state index in [1.54, 1.807) is 10.7 Å². The molecule has 0 saturated heterocycles. The van der Waals surface area contributed by atoms with Crippen LogP contribution in [-0.4, -0.2) is 36.8 Å². The van der Waals surface area contributed by atoms with Crippen LogP contribution in [0.2, 0.25) is 0 Å². The van der Waals surface area contributed by atoms with Crippen LogP contribution in [0.25, 0.3) is 11.2 Å². The molecule has 0 saturated carbocycles. The van der Waals surface area contributed by atoms with Crippen LogP contribution in [0.5, 0.6) is 0 Å². The lowest BCUT2D eigenvalue weighted by atomic mass is 10.0. The molecule has 0 amide bonds. The Hall–Kier alpha value is -2.83. The lowest BCUT2D eigenvalue weighted by Gasteiger charge is -2.15. The zero-order valence-electron chi connectivity index (χ0n) is 13.5. The van der Waals surface area contributed by atoms with E-state index in [1.807, 2.05) is 18.3 Å². The fourth-order valence-electron chi connectivity index (χ4n) is 2.74. The number of rotatable bonds is 4. The number of aromatic nitrogens is 5. The van der Waals surface area contributed by atoms with E-state index in [-0.39, 0.29) is 7.97 Å². The lowest BCUT2D eigenvalue weighted by molar-refractivity contribution is 0.234. The van der Waals surface area contributed by atoms with Crippen molar-refractivity contribution in [2.45, 2.75) is 25.9 Å². The molecule has 3 aromatic rings. The van der Waals surface area contributed by atoms with Crippen molar-refractivity contribution in [3.05, 3.63) is 53.8 Å². The molecular weight excluding hydrogens is 307 g/mol. The number of alkyl halides is 1. The number of fused-ring (bicyclic) bond motifs is 2. The topological polar surface area (TPSA) is 68.0 Å². The van der Waals surface area contributed by atoms with Crippen molar-refractivity contribution in [3.8, 4) is 0 Å². The van der Waals surface area contributed by atoms with Crippen molar-refractivity contribution in [1.29, 1.82) is 0 Å². The maximum Gasteiger partial charge on any atom is 0.223 e. The Kier molecular flexibility index (Phi) is 3.30. The highest BCUT2D eigenvalue weighted by Crippen LogP contribution is 2.32. The lowest BCUT2D eigenvalue weighted by Crippen LogP contribution is -2.25. The zero-order chi connectivity index (χ0) is 16.7. The standard InChI is InChI=1S/C17H17FN6.H2/c1-17(2,18)9-20-16-19-8-13-12(3-4-14(13)23-16)11-5-6-24-15(7-11)21-10-22-24;/h3,5-8,10H,4,9H2,1-2H3,(H,19,20,23);1H. The Bertz CT molecular complexity index is 944. The molecule has 1 aliphatic rings. The summed E-state index contributed by atoms with van der Waals surface area (Å²) in [4.78, 5) is 13.0. The third-order valence-electron chi connectivity index (χ3n) is 3.92. The number of hydrogen-bond acceptors (Lipinski definition) is 5. The highest BCUT2D eigenvalue weighted by atomic mass is 19.1. The van der Waals surface area contributed by atoms with Crippen LogP contribution in [0.15, 0.2) is 36.9 Å². The van der Waals surface area contributed by atoms with E-state index in [0.717, 1.165) is 34.5 Å². The van der Waals surface area contributed by atoms with Crippen molar-refractivity contribution in [2.75, 3.05) is 11.9 Å². The van der Waals surface area contributed by atoms with Crippen molar-refractivity contribution < 1.29 is 5.82 Å². The molecule has 0 fully saturated rings. The predicted octanol–water partition coefficient (Wildman–Crippen LogP) is 2.91. The molecule has 0 spiro atoms. The van der Waals surface area contributed by atoms with Gasteiger partial charge in [-0.2, -0.15) is 5.10 Å². The average Bonchev–Trinajstić information content (AvgIpc) is 3.17. The second-order valence-corrected chi connectivity index (χ2v) is 6.43. The second-order valence-electron chi connectivity index (χ2n) is 6.43. The Morgan fingerprint density at radius 2 is 2.25 bits per heavy atom. The molecule has 0 unspecified atom stereocenters. The maximum atomic E-state index is 13.6. The zero-order valence-corrected chi connectivity index (χ0v) is 13.5. The number of nitrogens with zero attached hydrogens (tertiary/aromatic N) is 5. The molecule has 24 heavy (non-hydrogen) atoms. The number of anilines is 1. The van der Waals surface area contributed by atoms with Crippen LogP contribution in [0.3, 0.4) is 0 Å². The van der Waals surface area contributed by atoms with Gasteiger partial charge < -0.3 is 5.32 Å². The Labute approximate surface area is 140 Å². The van der Waals surface area contributed by atoms with Gasteiger partial charge in [-0.15, -0.1) is 0 Å². The van der Waals surface area contributed by atoms with E-state index >= 15 is 0 Å². The third-order valence-corrected chi connectivity index (χ3v) is 3.92. The molecule has 3 heterocycles. The van der Waals surface area contributed by atoms with Gasteiger partial charge in [-0.1, -0.05) is 6.08 Å². The number of pyridine rings is 1. The van der Waals surface area contributed by atoms with Gasteiger partial charge in [0, 0.05) is 25.8 Å². The summed E-state index contributed by atoms with van der Waals surface area (Å²) in [7, 11) is 0. The Balaban J connectivity index is 0.00000182. The molecule has 0 bridgehead atoms. The molecule has 0 aromatic carbocycles. The fourth-order valence-corrected chi connectivity index (χ4v) is 2.74. The molecule has 0 atom stereocenters. The third kappa shape index (κ3) is 2.73. The first-order valence-electron chi connectivity index (χ1n) is 7.79. The van der Waals surface area contributed by atoms with E-state index in [1.165, 1.54) is 20.2 Å². The summed E-state index contributed by atoms with van der Waals surface area (Å²) in [6, 6.07) is 3.99. The van der Waals surface area contributed by atoms with Crippen LogP contribution in [-0.2, 0) is 6.42 Å². The summed E-state index contributed by atoms with van der Waals surface area (Å²) in [6.45, 7) is 3.22. The second kappa shape index (κ2) is 5.36. The molecular formula is C17H19FN6. The van der Waals surface area contributed by atoms with Crippen LogP contribution in [0, 0.1) is 0 Å². The van der Waals surface area contributed by atoms with Crippen molar-refractivity contribution in [1.82, 2.24) is 24.6 Å². The van der Waals surface area contributed by atoms with Gasteiger partial charge in [-0.25, -0.2) is 23.9 Å². The van der Waals surface area contributed by atoms with Crippen LogP contribution >= 0.6 is 0 Å². The number of allylic oxidation sites excluding steroid dienone is 1. The van der Waals surface area contributed by atoms with Gasteiger partial charge in [0.1, 0.15) is 12.0 Å². The first kappa shape index (κ1) is 14.7. The number of halogens is 1. The summed E-state index contributed by atoms with van der Waals surface area (Å²) in [5, 5.41) is 7.05. The van der Waals surface area contributed by atoms with Crippen LogP contribution < -0.4 is 5.32 Å². The molecule has 124 valence electrons.